The van der Waals surface area contributed by atoms with Crippen molar-refractivity contribution in [2.75, 3.05) is 20.1 Å². The normalized spacial score (nSPS) is 10.4. The summed E-state index contributed by atoms with van der Waals surface area (Å²) in [6, 6.07) is 0. The molecule has 0 saturated heterocycles. The van der Waals surface area contributed by atoms with Gasteiger partial charge in [-0.25, -0.2) is 0 Å². The van der Waals surface area contributed by atoms with Crippen LogP contribution in [0, 0.1) is 0 Å². The van der Waals surface area contributed by atoms with Crippen molar-refractivity contribution in [1.82, 2.24) is 19.9 Å². The Labute approximate surface area is 95.4 Å². The van der Waals surface area contributed by atoms with E-state index in [9.17, 15) is 4.79 Å². The van der Waals surface area contributed by atoms with Crippen LogP contribution in [-0.4, -0.2) is 45.9 Å². The van der Waals surface area contributed by atoms with Crippen molar-refractivity contribution < 1.29 is 4.79 Å². The van der Waals surface area contributed by atoms with E-state index in [1.807, 2.05) is 0 Å². The summed E-state index contributed by atoms with van der Waals surface area (Å²) in [5.74, 6) is -0.0864. The number of rotatable bonds is 6. The van der Waals surface area contributed by atoms with E-state index in [0.29, 0.717) is 18.8 Å². The first-order chi connectivity index (χ1) is 7.69. The second-order valence-corrected chi connectivity index (χ2v) is 3.74. The highest BCUT2D eigenvalue weighted by Gasteiger charge is 2.14. The maximum absolute atomic E-state index is 11.8. The largest absolute Gasteiger partial charge is 0.340 e. The van der Waals surface area contributed by atoms with Crippen molar-refractivity contribution in [2.24, 2.45) is 5.73 Å². The average Bonchev–Trinajstić information content (AvgIpc) is 2.74. The number of carbonyl (C=O) groups excluding carboxylic acids is 1. The Hall–Kier alpha value is -1.43. The van der Waals surface area contributed by atoms with E-state index in [2.05, 4.69) is 17.2 Å². The Morgan fingerprint density at radius 2 is 2.38 bits per heavy atom. The summed E-state index contributed by atoms with van der Waals surface area (Å²) in [4.78, 5) is 13.5. The third-order valence-corrected chi connectivity index (χ3v) is 2.31. The van der Waals surface area contributed by atoms with Gasteiger partial charge in [0.25, 0.3) is 5.91 Å². The van der Waals surface area contributed by atoms with Crippen LogP contribution in [0.4, 0.5) is 0 Å². The minimum atomic E-state index is -0.0864. The lowest BCUT2D eigenvalue weighted by atomic mass is 10.3. The smallest absolute Gasteiger partial charge is 0.275 e. The van der Waals surface area contributed by atoms with Gasteiger partial charge in [-0.3, -0.25) is 9.48 Å². The van der Waals surface area contributed by atoms with Crippen molar-refractivity contribution >= 4 is 5.91 Å². The molecule has 0 fully saturated rings. The van der Waals surface area contributed by atoms with Crippen LogP contribution >= 0.6 is 0 Å². The van der Waals surface area contributed by atoms with E-state index in [0.717, 1.165) is 19.4 Å². The number of hydrogen-bond acceptors (Lipinski definition) is 4. The lowest BCUT2D eigenvalue weighted by Crippen LogP contribution is -2.28. The van der Waals surface area contributed by atoms with Gasteiger partial charge >= 0.3 is 0 Å². The summed E-state index contributed by atoms with van der Waals surface area (Å²) in [6.45, 7) is 3.91. The van der Waals surface area contributed by atoms with Crippen LogP contribution < -0.4 is 5.73 Å². The van der Waals surface area contributed by atoms with Crippen molar-refractivity contribution in [1.29, 1.82) is 0 Å². The molecular formula is C10H19N5O. The predicted molar refractivity (Wildman–Crippen MR) is 60.9 cm³/mol. The number of carbonyl (C=O) groups is 1. The summed E-state index contributed by atoms with van der Waals surface area (Å²) in [5, 5.41) is 7.66. The summed E-state index contributed by atoms with van der Waals surface area (Å²) in [6.07, 6.45) is 3.70. The van der Waals surface area contributed by atoms with Crippen LogP contribution in [0.1, 0.15) is 30.3 Å². The monoisotopic (exact) mass is 225 g/mol. The molecule has 1 aromatic heterocycles. The van der Waals surface area contributed by atoms with Gasteiger partial charge in [0.2, 0.25) is 0 Å². The van der Waals surface area contributed by atoms with Gasteiger partial charge in [0.15, 0.2) is 5.69 Å². The molecule has 6 nitrogen and oxygen atoms in total. The van der Waals surface area contributed by atoms with Crippen LogP contribution in [0.2, 0.25) is 0 Å². The second-order valence-electron chi connectivity index (χ2n) is 3.74. The zero-order chi connectivity index (χ0) is 12.0. The maximum Gasteiger partial charge on any atom is 0.275 e. The Balaban J connectivity index is 2.57. The average molecular weight is 225 g/mol. The highest BCUT2D eigenvalue weighted by Crippen LogP contribution is 2.00. The minimum Gasteiger partial charge on any atom is -0.340 e. The fourth-order valence-corrected chi connectivity index (χ4v) is 1.33. The Kier molecular flexibility index (Phi) is 4.91. The third kappa shape index (κ3) is 3.30. The van der Waals surface area contributed by atoms with E-state index in [1.54, 1.807) is 22.8 Å². The Morgan fingerprint density at radius 3 is 3.00 bits per heavy atom. The van der Waals surface area contributed by atoms with Gasteiger partial charge in [0.05, 0.1) is 12.7 Å². The quantitative estimate of drug-likeness (QED) is 0.745. The van der Waals surface area contributed by atoms with Gasteiger partial charge in [-0.05, 0) is 6.42 Å². The third-order valence-electron chi connectivity index (χ3n) is 2.31. The predicted octanol–water partition coefficient (Wildman–Crippen LogP) is 0.109. The van der Waals surface area contributed by atoms with E-state index < -0.39 is 0 Å². The molecule has 1 aromatic rings. The molecule has 2 N–H and O–H groups in total. The number of nitrogens with zero attached hydrogens (tertiary/aromatic N) is 4. The number of hydrogen-bond donors (Lipinski definition) is 1. The first kappa shape index (κ1) is 12.6. The summed E-state index contributed by atoms with van der Waals surface area (Å²) < 4.78 is 1.58. The van der Waals surface area contributed by atoms with Crippen molar-refractivity contribution in [3.8, 4) is 0 Å². The molecular weight excluding hydrogens is 206 g/mol. The molecule has 90 valence electrons. The van der Waals surface area contributed by atoms with Crippen LogP contribution in [0.5, 0.6) is 0 Å². The van der Waals surface area contributed by atoms with Gasteiger partial charge in [0, 0.05) is 20.1 Å². The number of aromatic nitrogens is 3. The van der Waals surface area contributed by atoms with E-state index in [1.165, 1.54) is 0 Å². The highest BCUT2D eigenvalue weighted by molar-refractivity contribution is 5.91. The summed E-state index contributed by atoms with van der Waals surface area (Å²) in [5.41, 5.74) is 5.77. The van der Waals surface area contributed by atoms with Gasteiger partial charge in [-0.2, -0.15) is 0 Å². The molecule has 0 bridgehead atoms. The molecule has 1 amide bonds. The molecule has 1 rings (SSSR count). The molecule has 0 aliphatic carbocycles. The number of nitrogens with two attached hydrogens (primary N) is 1. The molecule has 0 saturated carbocycles. The maximum atomic E-state index is 11.8. The van der Waals surface area contributed by atoms with Gasteiger partial charge in [-0.1, -0.05) is 18.6 Å². The Morgan fingerprint density at radius 1 is 1.62 bits per heavy atom. The zero-order valence-corrected chi connectivity index (χ0v) is 9.89. The molecule has 0 atom stereocenters. The highest BCUT2D eigenvalue weighted by atomic mass is 16.2. The van der Waals surface area contributed by atoms with Gasteiger partial charge < -0.3 is 10.6 Å². The SMILES string of the molecule is CCCCN(C)C(=O)c1cn(CCN)nn1. The van der Waals surface area contributed by atoms with Crippen LogP contribution in [-0.2, 0) is 6.54 Å². The second kappa shape index (κ2) is 6.22. The van der Waals surface area contributed by atoms with E-state index in [-0.39, 0.29) is 5.91 Å². The van der Waals surface area contributed by atoms with Crippen molar-refractivity contribution in [3.63, 3.8) is 0 Å². The fourth-order valence-electron chi connectivity index (χ4n) is 1.33. The van der Waals surface area contributed by atoms with Crippen LogP contribution in [0.15, 0.2) is 6.20 Å². The molecule has 1 heterocycles. The lowest BCUT2D eigenvalue weighted by molar-refractivity contribution is 0.0787. The first-order valence-electron chi connectivity index (χ1n) is 5.54. The molecule has 0 aromatic carbocycles. The number of unbranched alkanes of at least 4 members (excludes halogenated alkanes) is 1. The fraction of sp³-hybridized carbons (Fsp3) is 0.700. The molecule has 0 aliphatic heterocycles. The summed E-state index contributed by atoms with van der Waals surface area (Å²) in [7, 11) is 1.78. The molecule has 0 aliphatic rings. The van der Waals surface area contributed by atoms with Crippen molar-refractivity contribution in [3.05, 3.63) is 11.9 Å². The molecule has 0 unspecified atom stereocenters. The van der Waals surface area contributed by atoms with E-state index >= 15 is 0 Å². The minimum absolute atomic E-state index is 0.0864. The molecule has 6 heteroatoms. The first-order valence-corrected chi connectivity index (χ1v) is 5.54. The molecule has 0 spiro atoms. The van der Waals surface area contributed by atoms with Crippen molar-refractivity contribution in [2.45, 2.75) is 26.3 Å². The molecule has 0 radical (unpaired) electrons. The van der Waals surface area contributed by atoms with Gasteiger partial charge in [-0.15, -0.1) is 5.10 Å². The number of amides is 1. The lowest BCUT2D eigenvalue weighted by Gasteiger charge is -2.14. The zero-order valence-electron chi connectivity index (χ0n) is 9.89. The van der Waals surface area contributed by atoms with Crippen LogP contribution in [0.25, 0.3) is 0 Å². The topological polar surface area (TPSA) is 77.0 Å². The standard InChI is InChI=1S/C10H19N5O/c1-3-4-6-14(2)10(16)9-8-15(7-5-11)13-12-9/h8H,3-7,11H2,1-2H3. The molecule has 16 heavy (non-hydrogen) atoms. The Bertz CT molecular complexity index is 336. The van der Waals surface area contributed by atoms with E-state index in [4.69, 9.17) is 5.73 Å². The van der Waals surface area contributed by atoms with Gasteiger partial charge in [0.1, 0.15) is 0 Å². The summed E-state index contributed by atoms with van der Waals surface area (Å²) >= 11 is 0. The van der Waals surface area contributed by atoms with Crippen LogP contribution in [0.3, 0.4) is 0 Å².